The smallest absolute Gasteiger partial charge is 0.425 e. The summed E-state index contributed by atoms with van der Waals surface area (Å²) in [7, 11) is 0. The van der Waals surface area contributed by atoms with Crippen molar-refractivity contribution in [3.8, 4) is 6.26 Å². The van der Waals surface area contributed by atoms with Gasteiger partial charge in [-0.25, -0.2) is 43.3 Å². The molecule has 0 unspecified atom stereocenters. The topological polar surface area (TPSA) is 161 Å². The fourth-order valence-electron chi connectivity index (χ4n) is 3.57. The zero-order chi connectivity index (χ0) is 26.3. The molecule has 0 spiro atoms. The van der Waals surface area contributed by atoms with Crippen LogP contribution in [0.4, 0.5) is 0 Å². The summed E-state index contributed by atoms with van der Waals surface area (Å²) in [6.07, 6.45) is 14.1. The number of rotatable bonds is 21. The maximum atomic E-state index is 13.1. The molecule has 12 heteroatoms. The molecule has 0 fully saturated rings. The molecule has 1 aromatic heterocycles. The molecule has 36 heavy (non-hydrogen) atoms. The van der Waals surface area contributed by atoms with Crippen molar-refractivity contribution in [1.29, 1.82) is 5.26 Å². The van der Waals surface area contributed by atoms with Gasteiger partial charge in [-0.05, 0) is 44.9 Å². The van der Waals surface area contributed by atoms with Gasteiger partial charge in [-0.15, -0.1) is 0 Å². The Kier molecular flexibility index (Phi) is 17.6. The Bertz CT molecular complexity index is 1070. The SMILES string of the molecule is N#COCCCCCC/N=c1\oc(=O)n(CCCCCCN=C=O)c(=O)n1CCCCCCN=C=O. The van der Waals surface area contributed by atoms with Gasteiger partial charge in [-0.3, -0.25) is 0 Å². The van der Waals surface area contributed by atoms with E-state index in [4.69, 9.17) is 9.68 Å². The van der Waals surface area contributed by atoms with Crippen LogP contribution in [0.5, 0.6) is 0 Å². The van der Waals surface area contributed by atoms with Crippen molar-refractivity contribution < 1.29 is 18.7 Å². The van der Waals surface area contributed by atoms with E-state index in [1.54, 1.807) is 6.26 Å². The minimum atomic E-state index is -0.721. The van der Waals surface area contributed by atoms with Crippen molar-refractivity contribution in [3.63, 3.8) is 0 Å². The molecule has 0 aliphatic heterocycles. The first-order valence-electron chi connectivity index (χ1n) is 12.6. The van der Waals surface area contributed by atoms with E-state index in [9.17, 15) is 19.2 Å². The van der Waals surface area contributed by atoms with Crippen LogP contribution >= 0.6 is 0 Å². The Labute approximate surface area is 210 Å². The molecule has 0 aliphatic rings. The van der Waals surface area contributed by atoms with Crippen molar-refractivity contribution in [1.82, 2.24) is 9.13 Å². The molecule has 0 aromatic carbocycles. The summed E-state index contributed by atoms with van der Waals surface area (Å²) in [5.41, 5.74) is -0.402. The number of isocyanates is 2. The minimum Gasteiger partial charge on any atom is -0.428 e. The second kappa shape index (κ2) is 20.8. The van der Waals surface area contributed by atoms with Gasteiger partial charge in [0.05, 0.1) is 13.1 Å². The average Bonchev–Trinajstić information content (AvgIpc) is 2.87. The molecule has 198 valence electrons. The van der Waals surface area contributed by atoms with Gasteiger partial charge in [-0.2, -0.15) is 5.26 Å². The number of carbonyl (C=O) groups excluding carboxylic acids is 2. The van der Waals surface area contributed by atoms with Crippen LogP contribution in [0.2, 0.25) is 0 Å². The lowest BCUT2D eigenvalue weighted by molar-refractivity contribution is 0.260. The molecular weight excluding hydrogens is 468 g/mol. The first kappa shape index (κ1) is 30.5. The van der Waals surface area contributed by atoms with Gasteiger partial charge in [0.15, 0.2) is 0 Å². The summed E-state index contributed by atoms with van der Waals surface area (Å²) in [6, 6.07) is 0. The number of nitrogens with zero attached hydrogens (tertiary/aromatic N) is 6. The molecule has 0 bridgehead atoms. The number of hydrogen-bond donors (Lipinski definition) is 0. The van der Waals surface area contributed by atoms with E-state index in [1.807, 2.05) is 0 Å². The maximum Gasteiger partial charge on any atom is 0.425 e. The highest BCUT2D eigenvalue weighted by Crippen LogP contribution is 2.03. The summed E-state index contributed by atoms with van der Waals surface area (Å²) in [4.78, 5) is 57.3. The van der Waals surface area contributed by atoms with Crippen LogP contribution in [-0.2, 0) is 27.4 Å². The van der Waals surface area contributed by atoms with Crippen molar-refractivity contribution >= 4 is 12.2 Å². The quantitative estimate of drug-likeness (QED) is 0.107. The highest BCUT2D eigenvalue weighted by molar-refractivity contribution is 5.32. The Balaban J connectivity index is 2.80. The highest BCUT2D eigenvalue weighted by atomic mass is 16.5. The van der Waals surface area contributed by atoms with Crippen LogP contribution in [0.1, 0.15) is 77.0 Å². The Morgan fingerprint density at radius 2 is 1.25 bits per heavy atom. The molecule has 1 heterocycles. The fraction of sp³-hybridized carbons (Fsp3) is 0.750. The van der Waals surface area contributed by atoms with E-state index < -0.39 is 11.4 Å². The minimum absolute atomic E-state index is 0.0337. The van der Waals surface area contributed by atoms with E-state index >= 15 is 0 Å². The molecule has 0 saturated carbocycles. The van der Waals surface area contributed by atoms with Crippen LogP contribution < -0.4 is 17.1 Å². The van der Waals surface area contributed by atoms with Gasteiger partial charge < -0.3 is 9.15 Å². The Morgan fingerprint density at radius 1 is 0.722 bits per heavy atom. The van der Waals surface area contributed by atoms with Crippen LogP contribution in [0.3, 0.4) is 0 Å². The summed E-state index contributed by atoms with van der Waals surface area (Å²) in [5.74, 6) is -0.721. The third-order valence-corrected chi connectivity index (χ3v) is 5.49. The lowest BCUT2D eigenvalue weighted by Gasteiger charge is -2.10. The second-order valence-electron chi connectivity index (χ2n) is 8.25. The molecule has 0 saturated heterocycles. The van der Waals surface area contributed by atoms with Crippen molar-refractivity contribution in [2.45, 2.75) is 90.1 Å². The van der Waals surface area contributed by atoms with E-state index in [2.05, 4.69) is 19.7 Å². The van der Waals surface area contributed by atoms with Gasteiger partial charge in [0.2, 0.25) is 12.2 Å². The molecule has 1 rings (SSSR count). The standard InChI is InChI=1S/C24H36N6O6/c25-19-35-18-12-6-3-9-15-28-22-29(16-10-4-1-7-13-26-20-31)23(33)30(24(34)36-22)17-11-5-2-8-14-27-21-32/h1-18H2/b28-22-. The first-order chi connectivity index (χ1) is 17.7. The normalized spacial score (nSPS) is 10.9. The van der Waals surface area contributed by atoms with Crippen LogP contribution in [0.15, 0.2) is 29.0 Å². The number of nitriles is 1. The first-order valence-corrected chi connectivity index (χ1v) is 12.6. The molecule has 0 amide bonds. The summed E-state index contributed by atoms with van der Waals surface area (Å²) in [6.45, 7) is 2.29. The fourth-order valence-corrected chi connectivity index (χ4v) is 3.57. The number of unbranched alkanes of at least 4 members (excludes halogenated alkanes) is 9. The third kappa shape index (κ3) is 13.4. The molecular formula is C24H36N6O6. The molecule has 0 atom stereocenters. The predicted molar refractivity (Wildman–Crippen MR) is 131 cm³/mol. The number of aromatic nitrogens is 2. The summed E-state index contributed by atoms with van der Waals surface area (Å²) < 4.78 is 12.6. The molecule has 0 radical (unpaired) electrons. The molecule has 1 aromatic rings. The number of ether oxygens (including phenoxy) is 1. The lowest BCUT2D eigenvalue weighted by Crippen LogP contribution is -2.47. The lowest BCUT2D eigenvalue weighted by atomic mass is 10.2. The second-order valence-corrected chi connectivity index (χ2v) is 8.25. The van der Waals surface area contributed by atoms with E-state index in [0.29, 0.717) is 45.6 Å². The van der Waals surface area contributed by atoms with E-state index in [0.717, 1.165) is 68.8 Å². The van der Waals surface area contributed by atoms with Crippen molar-refractivity contribution in [2.24, 2.45) is 15.0 Å². The predicted octanol–water partition coefficient (Wildman–Crippen LogP) is 2.35. The largest absolute Gasteiger partial charge is 0.428 e. The molecule has 12 nitrogen and oxygen atoms in total. The third-order valence-electron chi connectivity index (χ3n) is 5.49. The van der Waals surface area contributed by atoms with E-state index in [1.165, 1.54) is 16.7 Å². The van der Waals surface area contributed by atoms with Gasteiger partial charge in [0.1, 0.15) is 6.61 Å². The molecule has 0 aliphatic carbocycles. The zero-order valence-corrected chi connectivity index (χ0v) is 20.9. The maximum absolute atomic E-state index is 13.1. The van der Waals surface area contributed by atoms with Crippen molar-refractivity contribution in [2.75, 3.05) is 26.2 Å². The van der Waals surface area contributed by atoms with Crippen LogP contribution in [0, 0.1) is 11.5 Å². The van der Waals surface area contributed by atoms with Gasteiger partial charge in [0.25, 0.3) is 6.26 Å². The number of hydrogen-bond acceptors (Lipinski definition) is 10. The monoisotopic (exact) mass is 504 g/mol. The Hall–Kier alpha value is -3.54. The Morgan fingerprint density at radius 3 is 1.83 bits per heavy atom. The summed E-state index contributed by atoms with van der Waals surface area (Å²) in [5, 5.41) is 8.36. The highest BCUT2D eigenvalue weighted by Gasteiger charge is 2.11. The van der Waals surface area contributed by atoms with Crippen molar-refractivity contribution in [3.05, 3.63) is 26.7 Å². The average molecular weight is 505 g/mol. The summed E-state index contributed by atoms with van der Waals surface area (Å²) >= 11 is 0. The van der Waals surface area contributed by atoms with Gasteiger partial charge >= 0.3 is 17.1 Å². The molecule has 0 N–H and O–H groups in total. The van der Waals surface area contributed by atoms with E-state index in [-0.39, 0.29) is 12.2 Å². The van der Waals surface area contributed by atoms with Crippen LogP contribution in [-0.4, -0.2) is 47.5 Å². The van der Waals surface area contributed by atoms with Gasteiger partial charge in [-0.1, -0.05) is 32.1 Å². The van der Waals surface area contributed by atoms with Crippen LogP contribution in [0.25, 0.3) is 0 Å². The zero-order valence-electron chi connectivity index (χ0n) is 20.9. The number of aliphatic imine (C=N–C) groups is 2. The van der Waals surface area contributed by atoms with Gasteiger partial charge in [0, 0.05) is 19.6 Å².